The van der Waals surface area contributed by atoms with Crippen LogP contribution >= 0.6 is 0 Å². The Labute approximate surface area is 192 Å². The smallest absolute Gasteiger partial charge is 0.306 e. The Morgan fingerprint density at radius 1 is 1.27 bits per heavy atom. The molecule has 0 aromatic carbocycles. The summed E-state index contributed by atoms with van der Waals surface area (Å²) in [5.74, 6) is 0.132. The normalized spacial score (nSPS) is 18.2. The molecule has 3 heterocycles. The molecule has 3 aromatic rings. The SMILES string of the molecule is CCc1ccnc(OCc2c(-c3ccc(O[C@H]4CCC[C@H](C(=O)O)C4)c(C)n3)nnn2C)c1. The summed E-state index contributed by atoms with van der Waals surface area (Å²) >= 11 is 0. The number of aromatic nitrogens is 5. The summed E-state index contributed by atoms with van der Waals surface area (Å²) in [5, 5.41) is 17.8. The quantitative estimate of drug-likeness (QED) is 0.551. The zero-order valence-corrected chi connectivity index (χ0v) is 19.2. The molecule has 2 atom stereocenters. The van der Waals surface area contributed by atoms with Crippen molar-refractivity contribution < 1.29 is 19.4 Å². The zero-order valence-electron chi connectivity index (χ0n) is 19.2. The Morgan fingerprint density at radius 3 is 2.88 bits per heavy atom. The summed E-state index contributed by atoms with van der Waals surface area (Å²) in [6, 6.07) is 7.62. The second kappa shape index (κ2) is 9.97. The fraction of sp³-hybridized carbons (Fsp3) is 0.458. The third-order valence-corrected chi connectivity index (χ3v) is 6.06. The first-order chi connectivity index (χ1) is 15.9. The second-order valence-corrected chi connectivity index (χ2v) is 8.37. The van der Waals surface area contributed by atoms with Crippen molar-refractivity contribution >= 4 is 5.97 Å². The van der Waals surface area contributed by atoms with Crippen molar-refractivity contribution in [2.75, 3.05) is 0 Å². The largest absolute Gasteiger partial charge is 0.489 e. The van der Waals surface area contributed by atoms with E-state index < -0.39 is 5.97 Å². The average Bonchev–Trinajstić information content (AvgIpc) is 3.19. The van der Waals surface area contributed by atoms with Crippen LogP contribution in [0.4, 0.5) is 0 Å². The van der Waals surface area contributed by atoms with Crippen molar-refractivity contribution in [1.29, 1.82) is 0 Å². The van der Waals surface area contributed by atoms with Crippen LogP contribution < -0.4 is 9.47 Å². The van der Waals surface area contributed by atoms with Crippen LogP contribution in [0.2, 0.25) is 0 Å². The lowest BCUT2D eigenvalue weighted by Gasteiger charge is -2.27. The van der Waals surface area contributed by atoms with Crippen molar-refractivity contribution in [2.24, 2.45) is 13.0 Å². The van der Waals surface area contributed by atoms with Crippen LogP contribution in [0.25, 0.3) is 11.4 Å². The number of rotatable bonds is 8. The van der Waals surface area contributed by atoms with Crippen LogP contribution in [0, 0.1) is 12.8 Å². The van der Waals surface area contributed by atoms with Crippen molar-refractivity contribution in [3.05, 3.63) is 47.4 Å². The van der Waals surface area contributed by atoms with Gasteiger partial charge in [-0.3, -0.25) is 4.79 Å². The number of aryl methyl sites for hydroxylation is 3. The van der Waals surface area contributed by atoms with E-state index in [1.165, 1.54) is 0 Å². The highest BCUT2D eigenvalue weighted by molar-refractivity contribution is 5.70. The first-order valence-electron chi connectivity index (χ1n) is 11.3. The maximum atomic E-state index is 11.3. The zero-order chi connectivity index (χ0) is 23.4. The Balaban J connectivity index is 1.48. The predicted molar refractivity (Wildman–Crippen MR) is 121 cm³/mol. The molecule has 4 rings (SSSR count). The number of nitrogens with zero attached hydrogens (tertiary/aromatic N) is 5. The number of ether oxygens (including phenoxy) is 2. The molecule has 0 radical (unpaired) electrons. The molecule has 9 heteroatoms. The molecule has 1 fully saturated rings. The number of carbonyl (C=O) groups is 1. The van der Waals surface area contributed by atoms with E-state index >= 15 is 0 Å². The van der Waals surface area contributed by atoms with E-state index in [2.05, 4.69) is 22.2 Å². The topological polar surface area (TPSA) is 112 Å². The molecule has 0 unspecified atom stereocenters. The number of hydrogen-bond donors (Lipinski definition) is 1. The van der Waals surface area contributed by atoms with Crippen LogP contribution in [0.3, 0.4) is 0 Å². The van der Waals surface area contributed by atoms with Crippen LogP contribution in [0.1, 0.15) is 49.6 Å². The molecule has 9 nitrogen and oxygen atoms in total. The lowest BCUT2D eigenvalue weighted by molar-refractivity contribution is -0.143. The van der Waals surface area contributed by atoms with Gasteiger partial charge in [-0.1, -0.05) is 12.1 Å². The number of carboxylic acid groups (broad SMARTS) is 1. The van der Waals surface area contributed by atoms with Gasteiger partial charge in [0.1, 0.15) is 23.7 Å². The van der Waals surface area contributed by atoms with Crippen molar-refractivity contribution in [2.45, 2.75) is 58.7 Å². The van der Waals surface area contributed by atoms with Gasteiger partial charge in [-0.15, -0.1) is 5.10 Å². The highest BCUT2D eigenvalue weighted by Crippen LogP contribution is 2.30. The van der Waals surface area contributed by atoms with Crippen LogP contribution in [-0.4, -0.2) is 42.1 Å². The van der Waals surface area contributed by atoms with E-state index in [9.17, 15) is 9.90 Å². The first kappa shape index (κ1) is 22.7. The molecular formula is C24H29N5O4. The molecule has 1 aliphatic rings. The molecule has 33 heavy (non-hydrogen) atoms. The Kier molecular flexibility index (Phi) is 6.86. The van der Waals surface area contributed by atoms with Crippen LogP contribution in [0.15, 0.2) is 30.5 Å². The van der Waals surface area contributed by atoms with Gasteiger partial charge >= 0.3 is 5.97 Å². The van der Waals surface area contributed by atoms with E-state index in [1.54, 1.807) is 10.9 Å². The molecule has 0 spiro atoms. The predicted octanol–water partition coefficient (Wildman–Crippen LogP) is 3.74. The second-order valence-electron chi connectivity index (χ2n) is 8.37. The first-order valence-corrected chi connectivity index (χ1v) is 11.3. The van der Waals surface area contributed by atoms with Gasteiger partial charge in [0.05, 0.1) is 23.4 Å². The van der Waals surface area contributed by atoms with E-state index in [0.717, 1.165) is 36.2 Å². The highest BCUT2D eigenvalue weighted by Gasteiger charge is 2.28. The number of pyridine rings is 2. The average molecular weight is 452 g/mol. The lowest BCUT2D eigenvalue weighted by Crippen LogP contribution is -2.29. The molecule has 1 saturated carbocycles. The third kappa shape index (κ3) is 5.30. The van der Waals surface area contributed by atoms with E-state index in [4.69, 9.17) is 14.5 Å². The Bertz CT molecular complexity index is 1130. The van der Waals surface area contributed by atoms with E-state index in [1.807, 2.05) is 38.2 Å². The summed E-state index contributed by atoms with van der Waals surface area (Å²) in [6.45, 7) is 4.22. The summed E-state index contributed by atoms with van der Waals surface area (Å²) in [4.78, 5) is 20.3. The maximum Gasteiger partial charge on any atom is 0.306 e. The van der Waals surface area contributed by atoms with Gasteiger partial charge in [0.25, 0.3) is 0 Å². The monoisotopic (exact) mass is 451 g/mol. The number of carboxylic acids is 1. The maximum absolute atomic E-state index is 11.3. The van der Waals surface area contributed by atoms with Gasteiger partial charge in [0, 0.05) is 19.3 Å². The van der Waals surface area contributed by atoms with Gasteiger partial charge in [-0.05, 0) is 62.8 Å². The summed E-state index contributed by atoms with van der Waals surface area (Å²) in [5.41, 5.74) is 3.98. The molecule has 0 saturated heterocycles. The standard InChI is InChI=1S/C24H29N5O4/c1-4-16-10-11-25-22(12-16)32-14-20-23(27-28-29(20)3)19-8-9-21(15(2)26-19)33-18-7-5-6-17(13-18)24(30)31/h8-12,17-18H,4-7,13-14H2,1-3H3,(H,30,31)/t17-,18-/m0/s1. The van der Waals surface area contributed by atoms with Gasteiger partial charge < -0.3 is 14.6 Å². The fourth-order valence-corrected chi connectivity index (χ4v) is 4.09. The Morgan fingerprint density at radius 2 is 2.12 bits per heavy atom. The molecule has 1 aliphatic carbocycles. The molecule has 1 N–H and O–H groups in total. The van der Waals surface area contributed by atoms with Gasteiger partial charge in [0.15, 0.2) is 0 Å². The van der Waals surface area contributed by atoms with Crippen molar-refractivity contribution in [1.82, 2.24) is 25.0 Å². The van der Waals surface area contributed by atoms with Crippen LogP contribution in [0.5, 0.6) is 11.6 Å². The highest BCUT2D eigenvalue weighted by atomic mass is 16.5. The fourth-order valence-electron chi connectivity index (χ4n) is 4.09. The van der Waals surface area contributed by atoms with Crippen molar-refractivity contribution in [3.8, 4) is 23.0 Å². The minimum Gasteiger partial charge on any atom is -0.489 e. The van der Waals surface area contributed by atoms with Gasteiger partial charge in [-0.2, -0.15) is 0 Å². The summed E-state index contributed by atoms with van der Waals surface area (Å²) in [6.07, 6.45) is 5.47. The molecule has 3 aromatic heterocycles. The molecule has 0 amide bonds. The summed E-state index contributed by atoms with van der Waals surface area (Å²) in [7, 11) is 1.82. The van der Waals surface area contributed by atoms with E-state index in [0.29, 0.717) is 35.9 Å². The van der Waals surface area contributed by atoms with Crippen LogP contribution in [-0.2, 0) is 24.9 Å². The van der Waals surface area contributed by atoms with Gasteiger partial charge in [-0.25, -0.2) is 14.6 Å². The third-order valence-electron chi connectivity index (χ3n) is 6.06. The number of hydrogen-bond acceptors (Lipinski definition) is 7. The van der Waals surface area contributed by atoms with E-state index in [-0.39, 0.29) is 18.6 Å². The van der Waals surface area contributed by atoms with Crippen molar-refractivity contribution in [3.63, 3.8) is 0 Å². The molecule has 0 aliphatic heterocycles. The minimum absolute atomic E-state index is 0.113. The summed E-state index contributed by atoms with van der Waals surface area (Å²) < 4.78 is 13.7. The molecular weight excluding hydrogens is 422 g/mol. The van der Waals surface area contributed by atoms with Gasteiger partial charge in [0.2, 0.25) is 5.88 Å². The molecule has 174 valence electrons. The Hall–Kier alpha value is -3.49. The molecule has 0 bridgehead atoms. The number of aliphatic carboxylic acids is 1. The minimum atomic E-state index is -0.748. The lowest BCUT2D eigenvalue weighted by atomic mass is 9.87.